The van der Waals surface area contributed by atoms with Gasteiger partial charge >= 0.3 is 5.97 Å². The highest BCUT2D eigenvalue weighted by molar-refractivity contribution is 6.39. The standard InChI is InChI=1S/C20H17ClN2O3/c1-2-26-17(24)12-9-13-7-10-14(11-8-13)22-20(25)19-18(21)15-5-3-4-6-16(15)23-19/h3-12,23H,2H2,1H3,(H,22,25). The number of aromatic nitrogens is 1. The van der Waals surface area contributed by atoms with Crippen molar-refractivity contribution in [3.05, 3.63) is 70.9 Å². The van der Waals surface area contributed by atoms with E-state index in [0.717, 1.165) is 16.5 Å². The van der Waals surface area contributed by atoms with Crippen LogP contribution in [0.15, 0.2) is 54.6 Å². The zero-order valence-corrected chi connectivity index (χ0v) is 14.8. The molecule has 0 bridgehead atoms. The zero-order chi connectivity index (χ0) is 18.5. The van der Waals surface area contributed by atoms with Gasteiger partial charge in [-0.25, -0.2) is 4.79 Å². The lowest BCUT2D eigenvalue weighted by molar-refractivity contribution is -0.137. The molecule has 5 nitrogen and oxygen atoms in total. The van der Waals surface area contributed by atoms with E-state index < -0.39 is 5.97 Å². The zero-order valence-electron chi connectivity index (χ0n) is 14.1. The second-order valence-corrected chi connectivity index (χ2v) is 5.90. The molecule has 3 rings (SSSR count). The lowest BCUT2D eigenvalue weighted by Crippen LogP contribution is -2.12. The van der Waals surface area contributed by atoms with Gasteiger partial charge in [-0.1, -0.05) is 41.9 Å². The van der Waals surface area contributed by atoms with Crippen LogP contribution in [0.2, 0.25) is 5.02 Å². The molecular formula is C20H17ClN2O3. The van der Waals surface area contributed by atoms with Crippen molar-refractivity contribution < 1.29 is 14.3 Å². The molecule has 1 heterocycles. The molecule has 132 valence electrons. The van der Waals surface area contributed by atoms with E-state index in [2.05, 4.69) is 10.3 Å². The monoisotopic (exact) mass is 368 g/mol. The fourth-order valence-electron chi connectivity index (χ4n) is 2.49. The molecule has 0 atom stereocenters. The molecule has 6 heteroatoms. The van der Waals surface area contributed by atoms with Crippen molar-refractivity contribution in [3.8, 4) is 0 Å². The van der Waals surface area contributed by atoms with Gasteiger partial charge in [-0.15, -0.1) is 0 Å². The third-order valence-electron chi connectivity index (χ3n) is 3.74. The smallest absolute Gasteiger partial charge is 0.330 e. The van der Waals surface area contributed by atoms with Crippen LogP contribution >= 0.6 is 11.6 Å². The maximum atomic E-state index is 12.5. The largest absolute Gasteiger partial charge is 0.463 e. The van der Waals surface area contributed by atoms with E-state index in [9.17, 15) is 9.59 Å². The molecule has 0 radical (unpaired) electrons. The Morgan fingerprint density at radius 2 is 1.88 bits per heavy atom. The Balaban J connectivity index is 1.71. The fourth-order valence-corrected chi connectivity index (χ4v) is 2.79. The SMILES string of the molecule is CCOC(=O)C=Cc1ccc(NC(=O)c2[nH]c3ccccc3c2Cl)cc1. The number of amides is 1. The number of anilines is 1. The van der Waals surface area contributed by atoms with Crippen molar-refractivity contribution in [3.63, 3.8) is 0 Å². The number of rotatable bonds is 5. The van der Waals surface area contributed by atoms with Gasteiger partial charge in [-0.05, 0) is 36.8 Å². The van der Waals surface area contributed by atoms with Gasteiger partial charge in [0.05, 0.1) is 11.6 Å². The molecule has 0 spiro atoms. The number of nitrogens with one attached hydrogen (secondary N) is 2. The summed E-state index contributed by atoms with van der Waals surface area (Å²) in [5.41, 5.74) is 2.57. The third-order valence-corrected chi connectivity index (χ3v) is 4.13. The second-order valence-electron chi connectivity index (χ2n) is 5.52. The van der Waals surface area contributed by atoms with Crippen LogP contribution in [-0.2, 0) is 9.53 Å². The summed E-state index contributed by atoms with van der Waals surface area (Å²) in [7, 11) is 0. The first-order chi connectivity index (χ1) is 12.6. The first kappa shape index (κ1) is 17.8. The number of aromatic amines is 1. The summed E-state index contributed by atoms with van der Waals surface area (Å²) in [4.78, 5) is 26.8. The van der Waals surface area contributed by atoms with Crippen molar-refractivity contribution in [1.29, 1.82) is 0 Å². The predicted molar refractivity (Wildman–Crippen MR) is 103 cm³/mol. The van der Waals surface area contributed by atoms with E-state index in [0.29, 0.717) is 23.0 Å². The normalized spacial score (nSPS) is 11.0. The van der Waals surface area contributed by atoms with Gasteiger partial charge in [0.15, 0.2) is 0 Å². The second kappa shape index (κ2) is 7.89. The quantitative estimate of drug-likeness (QED) is 0.508. The molecule has 1 amide bonds. The number of halogens is 1. The maximum Gasteiger partial charge on any atom is 0.330 e. The highest BCUT2D eigenvalue weighted by Gasteiger charge is 2.16. The number of carbonyl (C=O) groups excluding carboxylic acids is 2. The van der Waals surface area contributed by atoms with Crippen molar-refractivity contribution in [1.82, 2.24) is 4.98 Å². The molecule has 3 aromatic rings. The predicted octanol–water partition coefficient (Wildman–Crippen LogP) is 4.65. The Bertz CT molecular complexity index is 974. The molecule has 0 aliphatic carbocycles. The molecule has 0 fully saturated rings. The Hall–Kier alpha value is -3.05. The summed E-state index contributed by atoms with van der Waals surface area (Å²) in [6, 6.07) is 14.5. The number of fused-ring (bicyclic) bond motifs is 1. The molecule has 26 heavy (non-hydrogen) atoms. The van der Waals surface area contributed by atoms with Gasteiger partial charge in [0.1, 0.15) is 5.69 Å². The summed E-state index contributed by atoms with van der Waals surface area (Å²) >= 11 is 6.30. The molecule has 0 unspecified atom stereocenters. The van der Waals surface area contributed by atoms with Gasteiger partial charge in [-0.3, -0.25) is 4.79 Å². The van der Waals surface area contributed by atoms with E-state index in [4.69, 9.17) is 16.3 Å². The molecule has 2 aromatic carbocycles. The molecular weight excluding hydrogens is 352 g/mol. The molecule has 0 aliphatic rings. The number of carbonyl (C=O) groups is 2. The summed E-state index contributed by atoms with van der Waals surface area (Å²) < 4.78 is 4.83. The van der Waals surface area contributed by atoms with E-state index in [1.165, 1.54) is 6.08 Å². The minimum absolute atomic E-state index is 0.319. The molecule has 0 aliphatic heterocycles. The van der Waals surface area contributed by atoms with E-state index >= 15 is 0 Å². The lowest BCUT2D eigenvalue weighted by atomic mass is 10.2. The third kappa shape index (κ3) is 3.95. The van der Waals surface area contributed by atoms with Gasteiger partial charge in [-0.2, -0.15) is 0 Å². The number of benzene rings is 2. The number of hydrogen-bond donors (Lipinski definition) is 2. The number of esters is 1. The topological polar surface area (TPSA) is 71.2 Å². The minimum Gasteiger partial charge on any atom is -0.463 e. The lowest BCUT2D eigenvalue weighted by Gasteiger charge is -2.05. The van der Waals surface area contributed by atoms with Gasteiger partial charge < -0.3 is 15.0 Å². The Kier molecular flexibility index (Phi) is 5.39. The van der Waals surface area contributed by atoms with Crippen LogP contribution in [0.1, 0.15) is 23.0 Å². The van der Waals surface area contributed by atoms with Crippen LogP contribution in [0.5, 0.6) is 0 Å². The summed E-state index contributed by atoms with van der Waals surface area (Å²) in [5, 5.41) is 4.00. The van der Waals surface area contributed by atoms with Crippen LogP contribution in [0.4, 0.5) is 5.69 Å². The summed E-state index contributed by atoms with van der Waals surface area (Å²) in [6.07, 6.45) is 3.01. The number of H-pyrrole nitrogens is 1. The van der Waals surface area contributed by atoms with E-state index in [1.54, 1.807) is 37.3 Å². The number of para-hydroxylation sites is 1. The van der Waals surface area contributed by atoms with Crippen LogP contribution in [0.3, 0.4) is 0 Å². The minimum atomic E-state index is -0.390. The van der Waals surface area contributed by atoms with Gasteiger partial charge in [0.25, 0.3) is 5.91 Å². The van der Waals surface area contributed by atoms with Crippen molar-refractivity contribution in [2.45, 2.75) is 6.92 Å². The van der Waals surface area contributed by atoms with Gasteiger partial charge in [0.2, 0.25) is 0 Å². The molecule has 0 saturated heterocycles. The molecule has 2 N–H and O–H groups in total. The van der Waals surface area contributed by atoms with E-state index in [1.807, 2.05) is 24.3 Å². The highest BCUT2D eigenvalue weighted by Crippen LogP contribution is 2.27. The van der Waals surface area contributed by atoms with Crippen LogP contribution in [0.25, 0.3) is 17.0 Å². The van der Waals surface area contributed by atoms with Crippen molar-refractivity contribution in [2.24, 2.45) is 0 Å². The fraction of sp³-hybridized carbons (Fsp3) is 0.100. The van der Waals surface area contributed by atoms with E-state index in [-0.39, 0.29) is 5.91 Å². The van der Waals surface area contributed by atoms with Crippen molar-refractivity contribution >= 4 is 46.1 Å². The molecule has 1 aromatic heterocycles. The average molecular weight is 369 g/mol. The molecule has 0 saturated carbocycles. The average Bonchev–Trinajstić information content (AvgIpc) is 2.99. The number of hydrogen-bond acceptors (Lipinski definition) is 3. The first-order valence-corrected chi connectivity index (χ1v) is 8.48. The number of ether oxygens (including phenoxy) is 1. The van der Waals surface area contributed by atoms with Crippen LogP contribution in [-0.4, -0.2) is 23.5 Å². The Morgan fingerprint density at radius 3 is 2.58 bits per heavy atom. The highest BCUT2D eigenvalue weighted by atomic mass is 35.5. The van der Waals surface area contributed by atoms with Crippen molar-refractivity contribution in [2.75, 3.05) is 11.9 Å². The Morgan fingerprint density at radius 1 is 1.15 bits per heavy atom. The first-order valence-electron chi connectivity index (χ1n) is 8.11. The van der Waals surface area contributed by atoms with Crippen LogP contribution in [0, 0.1) is 0 Å². The summed E-state index contributed by atoms with van der Waals surface area (Å²) in [6.45, 7) is 2.09. The van der Waals surface area contributed by atoms with Gasteiger partial charge in [0, 0.05) is 22.7 Å². The van der Waals surface area contributed by atoms with Crippen LogP contribution < -0.4 is 5.32 Å². The maximum absolute atomic E-state index is 12.5. The Labute approximate surface area is 155 Å². The summed E-state index contributed by atoms with van der Waals surface area (Å²) in [5.74, 6) is -0.709.